The fourth-order valence-corrected chi connectivity index (χ4v) is 4.39. The molecule has 0 fully saturated rings. The van der Waals surface area contributed by atoms with Crippen LogP contribution in [0.4, 0.5) is 0 Å². The molecule has 27 heavy (non-hydrogen) atoms. The molecule has 1 heterocycles. The number of nitrogens with one attached hydrogen (secondary N) is 1. The van der Waals surface area contributed by atoms with Crippen LogP contribution in [0.25, 0.3) is 10.9 Å². The highest BCUT2D eigenvalue weighted by molar-refractivity contribution is 7.89. The maximum atomic E-state index is 12.9. The zero-order chi connectivity index (χ0) is 20.4. The number of hydrogen-bond donors (Lipinski definition) is 1. The Morgan fingerprint density at radius 3 is 2.41 bits per heavy atom. The van der Waals surface area contributed by atoms with Crippen LogP contribution in [0.2, 0.25) is 0 Å². The number of benzene rings is 1. The summed E-state index contributed by atoms with van der Waals surface area (Å²) in [6, 6.07) is 4.40. The van der Waals surface area contributed by atoms with Crippen molar-refractivity contribution in [3.8, 4) is 0 Å². The number of pyridine rings is 1. The van der Waals surface area contributed by atoms with E-state index in [9.17, 15) is 18.0 Å². The van der Waals surface area contributed by atoms with Gasteiger partial charge in [-0.05, 0) is 31.5 Å². The second-order valence-electron chi connectivity index (χ2n) is 6.53. The summed E-state index contributed by atoms with van der Waals surface area (Å²) in [6.45, 7) is 8.00. The normalized spacial score (nSPS) is 13.1. The topological polar surface area (TPSA) is 88.5 Å². The Morgan fingerprint density at radius 2 is 1.85 bits per heavy atom. The number of nitrogens with zero attached hydrogens (tertiary/aromatic N) is 2. The first-order chi connectivity index (χ1) is 12.7. The van der Waals surface area contributed by atoms with Gasteiger partial charge in [0.1, 0.15) is 5.56 Å². The van der Waals surface area contributed by atoms with E-state index in [2.05, 4.69) is 5.32 Å². The van der Waals surface area contributed by atoms with Gasteiger partial charge in [-0.3, -0.25) is 9.59 Å². The molecule has 0 aliphatic rings. The van der Waals surface area contributed by atoms with E-state index in [1.807, 2.05) is 13.8 Å². The molecule has 0 aliphatic carbocycles. The van der Waals surface area contributed by atoms with E-state index < -0.39 is 21.4 Å². The van der Waals surface area contributed by atoms with E-state index in [0.717, 1.165) is 6.42 Å². The zero-order valence-corrected chi connectivity index (χ0v) is 17.3. The van der Waals surface area contributed by atoms with E-state index in [1.165, 1.54) is 22.6 Å². The lowest BCUT2D eigenvalue weighted by Crippen LogP contribution is -2.35. The molecule has 0 radical (unpaired) electrons. The van der Waals surface area contributed by atoms with Crippen LogP contribution >= 0.6 is 0 Å². The number of rotatable bonds is 7. The van der Waals surface area contributed by atoms with Crippen molar-refractivity contribution in [2.75, 3.05) is 13.1 Å². The van der Waals surface area contributed by atoms with Crippen LogP contribution < -0.4 is 10.7 Å². The second-order valence-corrected chi connectivity index (χ2v) is 8.47. The maximum Gasteiger partial charge on any atom is 0.256 e. The third-order valence-corrected chi connectivity index (χ3v) is 6.78. The molecule has 1 aromatic heterocycles. The highest BCUT2D eigenvalue weighted by Crippen LogP contribution is 2.20. The monoisotopic (exact) mass is 393 g/mol. The number of fused-ring (bicyclic) bond motifs is 1. The average molecular weight is 394 g/mol. The van der Waals surface area contributed by atoms with Crippen LogP contribution in [0.5, 0.6) is 0 Å². The quantitative estimate of drug-likeness (QED) is 0.780. The molecule has 1 atom stereocenters. The third-order valence-electron chi connectivity index (χ3n) is 4.74. The van der Waals surface area contributed by atoms with Crippen molar-refractivity contribution in [3.05, 3.63) is 40.2 Å². The second kappa shape index (κ2) is 8.22. The molecule has 1 amide bonds. The van der Waals surface area contributed by atoms with E-state index >= 15 is 0 Å². The van der Waals surface area contributed by atoms with E-state index in [4.69, 9.17) is 0 Å². The predicted octanol–water partition coefficient (Wildman–Crippen LogP) is 2.10. The third kappa shape index (κ3) is 4.06. The highest BCUT2D eigenvalue weighted by Gasteiger charge is 2.23. The average Bonchev–Trinajstić information content (AvgIpc) is 2.64. The van der Waals surface area contributed by atoms with Gasteiger partial charge in [0, 0.05) is 37.8 Å². The summed E-state index contributed by atoms with van der Waals surface area (Å²) >= 11 is 0. The molecule has 1 aromatic carbocycles. The van der Waals surface area contributed by atoms with Gasteiger partial charge >= 0.3 is 0 Å². The van der Waals surface area contributed by atoms with Crippen LogP contribution in [0.1, 0.15) is 44.5 Å². The molecule has 1 N–H and O–H groups in total. The number of sulfonamides is 1. The number of carbonyl (C=O) groups excluding carboxylic acids is 1. The van der Waals surface area contributed by atoms with E-state index in [1.54, 1.807) is 31.5 Å². The standard InChI is InChI=1S/C19H27N3O4S/c1-6-13(4)20-19(24)16-12-21(5)17-10-9-14(11-15(17)18(16)23)27(25,26)22(7-2)8-3/h9-13H,6-8H2,1-5H3,(H,20,24). The first-order valence-electron chi connectivity index (χ1n) is 9.11. The SMILES string of the molecule is CCC(C)NC(=O)c1cn(C)c2ccc(S(=O)(=O)N(CC)CC)cc2c1=O. The number of carbonyl (C=O) groups is 1. The zero-order valence-electron chi connectivity index (χ0n) is 16.4. The van der Waals surface area contributed by atoms with Crippen molar-refractivity contribution < 1.29 is 13.2 Å². The Bertz CT molecular complexity index is 1010. The maximum absolute atomic E-state index is 12.9. The van der Waals surface area contributed by atoms with Gasteiger partial charge < -0.3 is 9.88 Å². The first kappa shape index (κ1) is 21.1. The minimum atomic E-state index is -3.69. The molecule has 148 valence electrons. The van der Waals surface area contributed by atoms with Gasteiger partial charge in [-0.1, -0.05) is 20.8 Å². The fourth-order valence-electron chi connectivity index (χ4n) is 2.91. The van der Waals surface area contributed by atoms with Gasteiger partial charge in [0.15, 0.2) is 0 Å². The van der Waals surface area contributed by atoms with Gasteiger partial charge in [-0.25, -0.2) is 8.42 Å². The highest BCUT2D eigenvalue weighted by atomic mass is 32.2. The lowest BCUT2D eigenvalue weighted by atomic mass is 10.1. The summed E-state index contributed by atoms with van der Waals surface area (Å²) < 4.78 is 28.5. The minimum Gasteiger partial charge on any atom is -0.350 e. The molecule has 1 unspecified atom stereocenters. The molecule has 2 rings (SSSR count). The molecular formula is C19H27N3O4S. The number of hydrogen-bond acceptors (Lipinski definition) is 4. The molecule has 0 aliphatic heterocycles. The molecule has 2 aromatic rings. The minimum absolute atomic E-state index is 0.00249. The van der Waals surface area contributed by atoms with Crippen molar-refractivity contribution in [1.82, 2.24) is 14.2 Å². The smallest absolute Gasteiger partial charge is 0.256 e. The van der Waals surface area contributed by atoms with Crippen molar-refractivity contribution >= 4 is 26.8 Å². The van der Waals surface area contributed by atoms with Crippen LogP contribution in [-0.4, -0.2) is 42.3 Å². The number of aryl methyl sites for hydroxylation is 1. The molecule has 8 heteroatoms. The molecule has 7 nitrogen and oxygen atoms in total. The van der Waals surface area contributed by atoms with Crippen molar-refractivity contribution in [3.63, 3.8) is 0 Å². The lowest BCUT2D eigenvalue weighted by Gasteiger charge is -2.19. The Balaban J connectivity index is 2.65. The Labute approximate surface area is 160 Å². The van der Waals surface area contributed by atoms with E-state index in [0.29, 0.717) is 18.6 Å². The summed E-state index contributed by atoms with van der Waals surface area (Å²) in [5, 5.41) is 2.99. The summed E-state index contributed by atoms with van der Waals surface area (Å²) in [4.78, 5) is 25.4. The van der Waals surface area contributed by atoms with Crippen LogP contribution in [0.3, 0.4) is 0 Å². The van der Waals surface area contributed by atoms with Gasteiger partial charge in [-0.15, -0.1) is 0 Å². The van der Waals surface area contributed by atoms with Gasteiger partial charge in [-0.2, -0.15) is 4.31 Å². The molecule has 0 saturated carbocycles. The van der Waals surface area contributed by atoms with Gasteiger partial charge in [0.25, 0.3) is 5.91 Å². The fraction of sp³-hybridized carbons (Fsp3) is 0.474. The van der Waals surface area contributed by atoms with Gasteiger partial charge in [0.05, 0.1) is 10.4 Å². The lowest BCUT2D eigenvalue weighted by molar-refractivity contribution is 0.0937. The summed E-state index contributed by atoms with van der Waals surface area (Å²) in [6.07, 6.45) is 2.23. The van der Waals surface area contributed by atoms with Crippen molar-refractivity contribution in [2.45, 2.75) is 45.1 Å². The predicted molar refractivity (Wildman–Crippen MR) is 107 cm³/mol. The van der Waals surface area contributed by atoms with E-state index in [-0.39, 0.29) is 21.9 Å². The Hall–Kier alpha value is -2.19. The molecule has 0 spiro atoms. The van der Waals surface area contributed by atoms with Crippen LogP contribution in [-0.2, 0) is 17.1 Å². The van der Waals surface area contributed by atoms with Crippen molar-refractivity contribution in [2.24, 2.45) is 7.05 Å². The largest absolute Gasteiger partial charge is 0.350 e. The summed E-state index contributed by atoms with van der Waals surface area (Å²) in [5.41, 5.74) is 0.0989. The van der Waals surface area contributed by atoms with Gasteiger partial charge in [0.2, 0.25) is 15.5 Å². The van der Waals surface area contributed by atoms with Crippen molar-refractivity contribution in [1.29, 1.82) is 0 Å². The van der Waals surface area contributed by atoms with Crippen LogP contribution in [0, 0.1) is 0 Å². The summed E-state index contributed by atoms with van der Waals surface area (Å²) in [5.74, 6) is -0.455. The number of aromatic nitrogens is 1. The molecule has 0 saturated heterocycles. The van der Waals surface area contributed by atoms with Crippen LogP contribution in [0.15, 0.2) is 34.1 Å². The molecule has 0 bridgehead atoms. The number of amides is 1. The summed E-state index contributed by atoms with van der Waals surface area (Å²) in [7, 11) is -1.97. The first-order valence-corrected chi connectivity index (χ1v) is 10.6. The Kier molecular flexibility index (Phi) is 6.43. The molecular weight excluding hydrogens is 366 g/mol. The Morgan fingerprint density at radius 1 is 1.22 bits per heavy atom.